The second-order valence-electron chi connectivity index (χ2n) is 6.50. The van der Waals surface area contributed by atoms with Crippen molar-refractivity contribution in [3.8, 4) is 11.3 Å². The van der Waals surface area contributed by atoms with Gasteiger partial charge in [-0.1, -0.05) is 42.8 Å². The van der Waals surface area contributed by atoms with Crippen LogP contribution in [0, 0.1) is 5.82 Å². The average Bonchev–Trinajstić information content (AvgIpc) is 3.17. The van der Waals surface area contributed by atoms with Crippen molar-refractivity contribution in [2.75, 3.05) is 12.3 Å². The standard InChI is InChI=1S/C20H20ClFN4O3S/c1-2-24-30(28,29)12-18(13-6-5-7-14(21)10-13)25-20(27)16-11-23-26-19(16)15-8-3-4-9-17(15)22/h3-11,18,24H,2,12H2,1H3,(H,23,26)(H,25,27)/t18-/m1/s1. The first-order valence-corrected chi connectivity index (χ1v) is 11.2. The molecule has 0 aliphatic carbocycles. The van der Waals surface area contributed by atoms with Crippen LogP contribution < -0.4 is 10.0 Å². The molecule has 0 aliphatic rings. The van der Waals surface area contributed by atoms with E-state index in [1.807, 2.05) is 0 Å². The number of H-pyrrole nitrogens is 1. The van der Waals surface area contributed by atoms with Crippen LogP contribution in [0.2, 0.25) is 5.02 Å². The van der Waals surface area contributed by atoms with Gasteiger partial charge >= 0.3 is 0 Å². The van der Waals surface area contributed by atoms with Crippen LogP contribution >= 0.6 is 11.6 Å². The van der Waals surface area contributed by atoms with Gasteiger partial charge in [0.05, 0.1) is 29.2 Å². The van der Waals surface area contributed by atoms with Crippen LogP contribution in [0.15, 0.2) is 54.7 Å². The third kappa shape index (κ3) is 5.24. The van der Waals surface area contributed by atoms with Crippen LogP contribution in [0.3, 0.4) is 0 Å². The number of hydrogen-bond acceptors (Lipinski definition) is 4. The van der Waals surface area contributed by atoms with Gasteiger partial charge in [0.25, 0.3) is 5.91 Å². The van der Waals surface area contributed by atoms with E-state index in [1.165, 1.54) is 24.4 Å². The quantitative estimate of drug-likeness (QED) is 0.490. The minimum atomic E-state index is -3.67. The monoisotopic (exact) mass is 450 g/mol. The number of nitrogens with one attached hydrogen (secondary N) is 3. The number of benzene rings is 2. The fraction of sp³-hybridized carbons (Fsp3) is 0.200. The summed E-state index contributed by atoms with van der Waals surface area (Å²) in [6.07, 6.45) is 1.27. The fourth-order valence-electron chi connectivity index (χ4n) is 3.01. The number of rotatable bonds is 8. The summed E-state index contributed by atoms with van der Waals surface area (Å²) in [6.45, 7) is 1.88. The Morgan fingerprint density at radius 2 is 2.00 bits per heavy atom. The van der Waals surface area contributed by atoms with E-state index >= 15 is 0 Å². The van der Waals surface area contributed by atoms with Gasteiger partial charge in [-0.3, -0.25) is 9.89 Å². The Bertz CT molecular complexity index is 1150. The molecule has 3 aromatic rings. The molecular weight excluding hydrogens is 431 g/mol. The molecule has 158 valence electrons. The van der Waals surface area contributed by atoms with Crippen LogP contribution in [0.5, 0.6) is 0 Å². The smallest absolute Gasteiger partial charge is 0.255 e. The SMILES string of the molecule is CCNS(=O)(=O)C[C@@H](NC(=O)c1cn[nH]c1-c1ccccc1F)c1cccc(Cl)c1. The van der Waals surface area contributed by atoms with E-state index in [1.54, 1.807) is 37.3 Å². The van der Waals surface area contributed by atoms with E-state index in [4.69, 9.17) is 11.6 Å². The zero-order valence-corrected chi connectivity index (χ0v) is 17.6. The molecule has 3 N–H and O–H groups in total. The van der Waals surface area contributed by atoms with Crippen LogP contribution in [0.4, 0.5) is 4.39 Å². The number of nitrogens with zero attached hydrogens (tertiary/aromatic N) is 1. The molecule has 10 heteroatoms. The van der Waals surface area contributed by atoms with E-state index in [2.05, 4.69) is 20.2 Å². The Morgan fingerprint density at radius 3 is 2.70 bits per heavy atom. The summed E-state index contributed by atoms with van der Waals surface area (Å²) in [5, 5.41) is 9.60. The molecule has 2 aromatic carbocycles. The van der Waals surface area contributed by atoms with E-state index in [9.17, 15) is 17.6 Å². The van der Waals surface area contributed by atoms with Gasteiger partial charge in [-0.25, -0.2) is 17.5 Å². The molecule has 1 heterocycles. The molecule has 3 rings (SSSR count). The Labute approximate surface area is 178 Å². The first kappa shape index (κ1) is 21.9. The number of carbonyl (C=O) groups is 1. The fourth-order valence-corrected chi connectivity index (χ4v) is 4.48. The van der Waals surface area contributed by atoms with E-state index < -0.39 is 27.8 Å². The van der Waals surface area contributed by atoms with Gasteiger partial charge in [-0.15, -0.1) is 0 Å². The second kappa shape index (κ2) is 9.38. The maximum absolute atomic E-state index is 14.2. The molecule has 0 unspecified atom stereocenters. The number of sulfonamides is 1. The number of hydrogen-bond donors (Lipinski definition) is 3. The first-order chi connectivity index (χ1) is 14.3. The lowest BCUT2D eigenvalue weighted by Crippen LogP contribution is -2.37. The summed E-state index contributed by atoms with van der Waals surface area (Å²) in [7, 11) is -3.67. The molecule has 0 spiro atoms. The van der Waals surface area contributed by atoms with Crippen molar-refractivity contribution < 1.29 is 17.6 Å². The van der Waals surface area contributed by atoms with Gasteiger partial charge in [0, 0.05) is 17.1 Å². The summed E-state index contributed by atoms with van der Waals surface area (Å²) in [6, 6.07) is 11.7. The van der Waals surface area contributed by atoms with Gasteiger partial charge < -0.3 is 5.32 Å². The van der Waals surface area contributed by atoms with Gasteiger partial charge in [-0.2, -0.15) is 5.10 Å². The number of carbonyl (C=O) groups excluding carboxylic acids is 1. The zero-order valence-electron chi connectivity index (χ0n) is 16.0. The van der Waals surface area contributed by atoms with Gasteiger partial charge in [-0.05, 0) is 29.8 Å². The number of aromatic nitrogens is 2. The highest BCUT2D eigenvalue weighted by Gasteiger charge is 2.25. The molecular formula is C20H20ClFN4O3S. The van der Waals surface area contributed by atoms with Gasteiger partial charge in [0.1, 0.15) is 5.82 Å². The van der Waals surface area contributed by atoms with Crippen molar-refractivity contribution in [1.29, 1.82) is 0 Å². The summed E-state index contributed by atoms with van der Waals surface area (Å²) >= 11 is 6.05. The topological polar surface area (TPSA) is 104 Å². The van der Waals surface area contributed by atoms with Crippen molar-refractivity contribution in [3.05, 3.63) is 76.7 Å². The molecule has 0 saturated carbocycles. The third-order valence-corrected chi connectivity index (χ3v) is 6.07. The van der Waals surface area contributed by atoms with E-state index in [0.717, 1.165) is 0 Å². The minimum absolute atomic E-state index is 0.0907. The first-order valence-electron chi connectivity index (χ1n) is 9.12. The molecule has 1 atom stereocenters. The Kier molecular flexibility index (Phi) is 6.86. The average molecular weight is 451 g/mol. The molecule has 0 bridgehead atoms. The Balaban J connectivity index is 1.93. The summed E-state index contributed by atoms with van der Waals surface area (Å²) in [4.78, 5) is 13.0. The number of amides is 1. The predicted octanol–water partition coefficient (Wildman–Crippen LogP) is 3.28. The van der Waals surface area contributed by atoms with Crippen LogP contribution in [0.1, 0.15) is 28.9 Å². The van der Waals surface area contributed by atoms with Crippen molar-refractivity contribution >= 4 is 27.5 Å². The lowest BCUT2D eigenvalue weighted by molar-refractivity contribution is 0.0941. The maximum Gasteiger partial charge on any atom is 0.255 e. The third-order valence-electron chi connectivity index (χ3n) is 4.33. The van der Waals surface area contributed by atoms with Crippen molar-refractivity contribution in [2.45, 2.75) is 13.0 Å². The predicted molar refractivity (Wildman–Crippen MR) is 113 cm³/mol. The maximum atomic E-state index is 14.2. The van der Waals surface area contributed by atoms with Crippen LogP contribution in [-0.2, 0) is 10.0 Å². The van der Waals surface area contributed by atoms with Crippen molar-refractivity contribution in [1.82, 2.24) is 20.2 Å². The van der Waals surface area contributed by atoms with E-state index in [0.29, 0.717) is 10.6 Å². The van der Waals surface area contributed by atoms with E-state index in [-0.39, 0.29) is 29.1 Å². The zero-order chi connectivity index (χ0) is 21.7. The van der Waals surface area contributed by atoms with Gasteiger partial charge in [0.15, 0.2) is 0 Å². The van der Waals surface area contributed by atoms with Crippen LogP contribution in [0.25, 0.3) is 11.3 Å². The minimum Gasteiger partial charge on any atom is -0.344 e. The second-order valence-corrected chi connectivity index (χ2v) is 8.79. The molecule has 0 fully saturated rings. The summed E-state index contributed by atoms with van der Waals surface area (Å²) in [5.41, 5.74) is 0.992. The van der Waals surface area contributed by atoms with Crippen LogP contribution in [-0.4, -0.2) is 36.8 Å². The van der Waals surface area contributed by atoms with Gasteiger partial charge in [0.2, 0.25) is 10.0 Å². The number of aromatic amines is 1. The highest BCUT2D eigenvalue weighted by Crippen LogP contribution is 2.25. The lowest BCUT2D eigenvalue weighted by Gasteiger charge is -2.20. The normalized spacial score (nSPS) is 12.5. The summed E-state index contributed by atoms with van der Waals surface area (Å²) < 4.78 is 41.3. The largest absolute Gasteiger partial charge is 0.344 e. The Morgan fingerprint density at radius 1 is 1.23 bits per heavy atom. The summed E-state index contributed by atoms with van der Waals surface area (Å²) in [5.74, 6) is -1.50. The van der Waals surface area contributed by atoms with Crippen molar-refractivity contribution in [3.63, 3.8) is 0 Å². The lowest BCUT2D eigenvalue weighted by atomic mass is 10.1. The molecule has 1 aromatic heterocycles. The molecule has 7 nitrogen and oxygen atoms in total. The van der Waals surface area contributed by atoms with Crippen molar-refractivity contribution in [2.24, 2.45) is 0 Å². The number of halogens is 2. The molecule has 0 radical (unpaired) electrons. The molecule has 1 amide bonds. The molecule has 0 saturated heterocycles. The highest BCUT2D eigenvalue weighted by atomic mass is 35.5. The highest BCUT2D eigenvalue weighted by molar-refractivity contribution is 7.89. The Hall–Kier alpha value is -2.75. The molecule has 30 heavy (non-hydrogen) atoms. The molecule has 0 aliphatic heterocycles.